The molecule has 9 aromatic carbocycles. The van der Waals surface area contributed by atoms with Gasteiger partial charge in [0.05, 0.1) is 22.4 Å². The largest absolute Gasteiger partial charge is 0.309 e. The minimum Gasteiger partial charge on any atom is -0.309 e. The fraction of sp³-hybridized carbons (Fsp3) is 0.0938. The Bertz CT molecular complexity index is 3670. The Labute approximate surface area is 391 Å². The molecule has 0 N–H and O–H groups in total. The summed E-state index contributed by atoms with van der Waals surface area (Å²) in [6.45, 7) is 9.44. The number of hydrogen-bond donors (Lipinski definition) is 0. The minimum absolute atomic E-state index is 0.121. The normalized spacial score (nSPS) is 13.9. The van der Waals surface area contributed by atoms with E-state index in [1.807, 2.05) is 6.07 Å². The summed E-state index contributed by atoms with van der Waals surface area (Å²) in [6, 6.07) is 77.7. The van der Waals surface area contributed by atoms with Crippen LogP contribution in [0.1, 0.15) is 49.9 Å². The third kappa shape index (κ3) is 6.11. The van der Waals surface area contributed by atoms with Crippen molar-refractivity contribution in [3.8, 4) is 84.1 Å². The maximum absolute atomic E-state index is 5.43. The molecule has 0 spiro atoms. The molecule has 13 rings (SSSR count). The molecule has 0 aliphatic heterocycles. The van der Waals surface area contributed by atoms with E-state index in [4.69, 9.17) is 9.97 Å². The molecule has 2 aromatic heterocycles. The van der Waals surface area contributed by atoms with Gasteiger partial charge in [-0.1, -0.05) is 173 Å². The maximum atomic E-state index is 5.43. The van der Waals surface area contributed by atoms with Crippen LogP contribution in [0.3, 0.4) is 0 Å². The van der Waals surface area contributed by atoms with E-state index >= 15 is 0 Å². The Morgan fingerprint density at radius 1 is 0.313 bits per heavy atom. The van der Waals surface area contributed by atoms with Crippen molar-refractivity contribution in [3.05, 3.63) is 235 Å². The molecular formula is C64H47N3. The highest BCUT2D eigenvalue weighted by Crippen LogP contribution is 2.52. The molecule has 3 heteroatoms. The van der Waals surface area contributed by atoms with Crippen LogP contribution in [0.5, 0.6) is 0 Å². The van der Waals surface area contributed by atoms with Crippen LogP contribution < -0.4 is 0 Å². The monoisotopic (exact) mass is 857 g/mol. The first-order chi connectivity index (χ1) is 32.7. The molecule has 2 aliphatic rings. The van der Waals surface area contributed by atoms with Crippen molar-refractivity contribution in [2.75, 3.05) is 0 Å². The topological polar surface area (TPSA) is 30.7 Å². The molecule has 3 nitrogen and oxygen atoms in total. The van der Waals surface area contributed by atoms with Crippen molar-refractivity contribution >= 4 is 21.8 Å². The standard InChI is InChI=1S/C64H47N3/c1-63(2)54-24-14-11-21-48(54)50-30-27-41(37-56(50)63)44-33-45(42-28-31-51-49-22-12-15-25-55(49)64(3,4)57(51)38-42)35-46(34-44)59-39-58(65-62(66-59)40-17-7-5-8-18-40)43-29-32-61-53(36-43)52-23-13-16-26-60(52)67(61)47-19-9-6-10-20-47/h5-39H,1-4H3. The van der Waals surface area contributed by atoms with Crippen LogP contribution in [0.4, 0.5) is 0 Å². The van der Waals surface area contributed by atoms with Gasteiger partial charge in [0.1, 0.15) is 0 Å². The molecule has 0 saturated carbocycles. The first-order valence-corrected chi connectivity index (χ1v) is 23.4. The molecule has 0 saturated heterocycles. The first-order valence-electron chi connectivity index (χ1n) is 23.4. The Kier molecular flexibility index (Phi) is 8.60. The van der Waals surface area contributed by atoms with Gasteiger partial charge in [0.25, 0.3) is 0 Å². The predicted molar refractivity (Wildman–Crippen MR) is 279 cm³/mol. The highest BCUT2D eigenvalue weighted by molar-refractivity contribution is 6.10. The van der Waals surface area contributed by atoms with Gasteiger partial charge >= 0.3 is 0 Å². The molecule has 0 amide bonds. The lowest BCUT2D eigenvalue weighted by Crippen LogP contribution is -2.15. The van der Waals surface area contributed by atoms with Gasteiger partial charge in [-0.25, -0.2) is 9.97 Å². The Morgan fingerprint density at radius 2 is 0.791 bits per heavy atom. The van der Waals surface area contributed by atoms with Crippen LogP contribution in [0.25, 0.3) is 106 Å². The molecule has 0 radical (unpaired) electrons. The molecule has 0 atom stereocenters. The van der Waals surface area contributed by atoms with Crippen LogP contribution in [0, 0.1) is 0 Å². The van der Waals surface area contributed by atoms with Gasteiger partial charge in [0, 0.05) is 44.0 Å². The van der Waals surface area contributed by atoms with E-state index in [9.17, 15) is 0 Å². The minimum atomic E-state index is -0.121. The molecular weight excluding hydrogens is 811 g/mol. The number of fused-ring (bicyclic) bond motifs is 9. The van der Waals surface area contributed by atoms with Crippen molar-refractivity contribution in [3.63, 3.8) is 0 Å². The van der Waals surface area contributed by atoms with E-state index in [1.54, 1.807) is 0 Å². The summed E-state index contributed by atoms with van der Waals surface area (Å²) in [5.74, 6) is 0.695. The Hall–Kier alpha value is -8.14. The predicted octanol–water partition coefficient (Wildman–Crippen LogP) is 16.5. The molecule has 67 heavy (non-hydrogen) atoms. The van der Waals surface area contributed by atoms with Gasteiger partial charge in [-0.15, -0.1) is 0 Å². The van der Waals surface area contributed by atoms with Crippen molar-refractivity contribution in [1.82, 2.24) is 14.5 Å². The highest BCUT2D eigenvalue weighted by atomic mass is 15.0. The lowest BCUT2D eigenvalue weighted by Gasteiger charge is -2.22. The van der Waals surface area contributed by atoms with E-state index in [-0.39, 0.29) is 10.8 Å². The summed E-state index contributed by atoms with van der Waals surface area (Å²) in [7, 11) is 0. The van der Waals surface area contributed by atoms with Gasteiger partial charge in [-0.3, -0.25) is 0 Å². The molecule has 0 fully saturated rings. The van der Waals surface area contributed by atoms with Crippen LogP contribution >= 0.6 is 0 Å². The van der Waals surface area contributed by atoms with Crippen LogP contribution in [-0.2, 0) is 10.8 Å². The number of rotatable bonds is 6. The average molecular weight is 858 g/mol. The SMILES string of the molecule is CC1(C)c2ccccc2-c2ccc(-c3cc(-c4ccc5c(c4)C(C)(C)c4ccccc4-5)cc(-c4cc(-c5ccc6c(c5)c5ccccc5n6-c5ccccc5)nc(-c5ccccc5)n4)c3)cc21. The highest BCUT2D eigenvalue weighted by Gasteiger charge is 2.36. The summed E-state index contributed by atoms with van der Waals surface area (Å²) >= 11 is 0. The van der Waals surface area contributed by atoms with Crippen molar-refractivity contribution in [1.29, 1.82) is 0 Å². The van der Waals surface area contributed by atoms with E-state index in [2.05, 4.69) is 239 Å². The number of nitrogens with zero attached hydrogens (tertiary/aromatic N) is 3. The summed E-state index contributed by atoms with van der Waals surface area (Å²) in [5.41, 5.74) is 23.5. The number of para-hydroxylation sites is 2. The third-order valence-electron chi connectivity index (χ3n) is 14.8. The van der Waals surface area contributed by atoms with Crippen LogP contribution in [0.15, 0.2) is 212 Å². The molecule has 2 aliphatic carbocycles. The summed E-state index contributed by atoms with van der Waals surface area (Å²) in [4.78, 5) is 10.8. The zero-order chi connectivity index (χ0) is 45.0. The first kappa shape index (κ1) is 39.2. The third-order valence-corrected chi connectivity index (χ3v) is 14.8. The molecule has 11 aromatic rings. The van der Waals surface area contributed by atoms with Gasteiger partial charge in [-0.2, -0.15) is 0 Å². The van der Waals surface area contributed by atoms with E-state index in [1.165, 1.54) is 71.9 Å². The summed E-state index contributed by atoms with van der Waals surface area (Å²) in [6.07, 6.45) is 0. The quantitative estimate of drug-likeness (QED) is 0.167. The van der Waals surface area contributed by atoms with E-state index in [0.29, 0.717) is 5.82 Å². The lowest BCUT2D eigenvalue weighted by atomic mass is 9.81. The summed E-state index contributed by atoms with van der Waals surface area (Å²) < 4.78 is 2.36. The van der Waals surface area contributed by atoms with Crippen molar-refractivity contribution in [2.24, 2.45) is 0 Å². The van der Waals surface area contributed by atoms with Crippen molar-refractivity contribution < 1.29 is 0 Å². The zero-order valence-corrected chi connectivity index (χ0v) is 38.0. The zero-order valence-electron chi connectivity index (χ0n) is 38.0. The molecule has 0 bridgehead atoms. The van der Waals surface area contributed by atoms with Gasteiger partial charge in [0.15, 0.2) is 5.82 Å². The fourth-order valence-corrected chi connectivity index (χ4v) is 11.3. The average Bonchev–Trinajstić information content (AvgIpc) is 3.92. The van der Waals surface area contributed by atoms with E-state index < -0.39 is 0 Å². The second kappa shape index (κ2) is 14.7. The second-order valence-electron chi connectivity index (χ2n) is 19.4. The fourth-order valence-electron chi connectivity index (χ4n) is 11.3. The number of benzene rings is 9. The smallest absolute Gasteiger partial charge is 0.160 e. The number of hydrogen-bond acceptors (Lipinski definition) is 2. The lowest BCUT2D eigenvalue weighted by molar-refractivity contribution is 0.660. The van der Waals surface area contributed by atoms with Crippen molar-refractivity contribution in [2.45, 2.75) is 38.5 Å². The van der Waals surface area contributed by atoms with Gasteiger partial charge in [-0.05, 0) is 133 Å². The van der Waals surface area contributed by atoms with Crippen LogP contribution in [0.2, 0.25) is 0 Å². The maximum Gasteiger partial charge on any atom is 0.160 e. The number of aromatic nitrogens is 3. The summed E-state index contributed by atoms with van der Waals surface area (Å²) in [5, 5.41) is 2.39. The van der Waals surface area contributed by atoms with Gasteiger partial charge < -0.3 is 4.57 Å². The van der Waals surface area contributed by atoms with Gasteiger partial charge in [0.2, 0.25) is 0 Å². The second-order valence-corrected chi connectivity index (χ2v) is 19.4. The molecule has 318 valence electrons. The molecule has 0 unspecified atom stereocenters. The molecule has 2 heterocycles. The van der Waals surface area contributed by atoms with Crippen LogP contribution in [-0.4, -0.2) is 14.5 Å². The van der Waals surface area contributed by atoms with E-state index in [0.717, 1.165) is 50.4 Å². The Morgan fingerprint density at radius 3 is 1.42 bits per heavy atom. The Balaban J connectivity index is 1.02.